The molecule has 160 valence electrons. The number of carbonyl (C=O) groups is 1. The van der Waals surface area contributed by atoms with Gasteiger partial charge in [0.2, 0.25) is 5.76 Å². The molecule has 0 bridgehead atoms. The van der Waals surface area contributed by atoms with Crippen molar-refractivity contribution >= 4 is 22.6 Å². The van der Waals surface area contributed by atoms with Gasteiger partial charge in [-0.2, -0.15) is 0 Å². The summed E-state index contributed by atoms with van der Waals surface area (Å²) in [6.07, 6.45) is -10.5. The Hall–Kier alpha value is -3.57. The lowest BCUT2D eigenvalue weighted by molar-refractivity contribution is -0.287. The number of halogens is 6. The number of aromatic carboxylic acids is 1. The van der Waals surface area contributed by atoms with Crippen molar-refractivity contribution in [2.45, 2.75) is 19.3 Å². The van der Waals surface area contributed by atoms with Gasteiger partial charge in [-0.1, -0.05) is 18.2 Å². The van der Waals surface area contributed by atoms with E-state index in [0.717, 1.165) is 6.07 Å². The van der Waals surface area contributed by atoms with Gasteiger partial charge in [0, 0.05) is 29.2 Å². The minimum absolute atomic E-state index is 0.0783. The zero-order valence-corrected chi connectivity index (χ0v) is 14.6. The molecular weight excluding hydrogens is 424 g/mol. The molecule has 2 N–H and O–H groups in total. The lowest BCUT2D eigenvalue weighted by Gasteiger charge is -2.16. The Morgan fingerprint density at radius 2 is 1.60 bits per heavy atom. The summed E-state index contributed by atoms with van der Waals surface area (Å²) in [5.41, 5.74) is 0.402. The van der Waals surface area contributed by atoms with Gasteiger partial charge in [-0.3, -0.25) is 0 Å². The van der Waals surface area contributed by atoms with Crippen LogP contribution in [-0.4, -0.2) is 23.8 Å². The number of alkyl halides is 6. The molecule has 0 radical (unpaired) electrons. The van der Waals surface area contributed by atoms with E-state index in [2.05, 4.69) is 14.8 Å². The number of nitrogens with one attached hydrogen (secondary N) is 1. The third-order valence-corrected chi connectivity index (χ3v) is 3.76. The summed E-state index contributed by atoms with van der Waals surface area (Å²) in [7, 11) is 0. The molecular formula is C18H11F6NO5. The Morgan fingerprint density at radius 3 is 2.23 bits per heavy atom. The van der Waals surface area contributed by atoms with Crippen molar-refractivity contribution in [2.75, 3.05) is 5.32 Å². The van der Waals surface area contributed by atoms with Gasteiger partial charge in [0.25, 0.3) is 0 Å². The molecule has 1 aromatic heterocycles. The first-order valence-electron chi connectivity index (χ1n) is 8.06. The van der Waals surface area contributed by atoms with Crippen LogP contribution in [0.4, 0.5) is 32.0 Å². The molecule has 0 aliphatic carbocycles. The van der Waals surface area contributed by atoms with Gasteiger partial charge >= 0.3 is 18.7 Å². The predicted octanol–water partition coefficient (Wildman–Crippen LogP) is 5.54. The number of hydrogen-bond donors (Lipinski definition) is 2. The highest BCUT2D eigenvalue weighted by atomic mass is 19.4. The maximum atomic E-state index is 12.6. The molecule has 0 saturated heterocycles. The van der Waals surface area contributed by atoms with Gasteiger partial charge < -0.3 is 24.3 Å². The molecule has 1 heterocycles. The summed E-state index contributed by atoms with van der Waals surface area (Å²) in [6.45, 7) is -0.205. The highest BCUT2D eigenvalue weighted by Crippen LogP contribution is 2.38. The van der Waals surface area contributed by atoms with Crippen molar-refractivity contribution in [3.05, 3.63) is 53.8 Å². The highest BCUT2D eigenvalue weighted by molar-refractivity contribution is 5.95. The summed E-state index contributed by atoms with van der Waals surface area (Å²) < 4.78 is 87.3. The number of para-hydroxylation sites is 1. The van der Waals surface area contributed by atoms with Crippen molar-refractivity contribution < 1.29 is 50.1 Å². The third-order valence-electron chi connectivity index (χ3n) is 3.76. The van der Waals surface area contributed by atoms with Crippen LogP contribution in [0.2, 0.25) is 0 Å². The van der Waals surface area contributed by atoms with Crippen LogP contribution in [0.25, 0.3) is 11.0 Å². The number of carboxylic acid groups (broad SMARTS) is 1. The maximum Gasteiger partial charge on any atom is 0.573 e. The fraction of sp³-hybridized carbons (Fsp3) is 0.167. The van der Waals surface area contributed by atoms with E-state index in [4.69, 9.17) is 4.42 Å². The number of ether oxygens (including phenoxy) is 2. The monoisotopic (exact) mass is 435 g/mol. The van der Waals surface area contributed by atoms with Crippen molar-refractivity contribution in [1.29, 1.82) is 0 Å². The molecule has 0 aliphatic heterocycles. The first-order chi connectivity index (χ1) is 13.9. The lowest BCUT2D eigenvalue weighted by atomic mass is 10.1. The number of fused-ring (bicyclic) bond motifs is 1. The van der Waals surface area contributed by atoms with E-state index >= 15 is 0 Å². The SMILES string of the molecule is O=C(O)c1oc2ccccc2c1CNc1ccc(OC(F)(F)F)c(OC(F)(F)F)c1. The Bertz CT molecular complexity index is 1070. The summed E-state index contributed by atoms with van der Waals surface area (Å²) >= 11 is 0. The van der Waals surface area contributed by atoms with E-state index in [-0.39, 0.29) is 29.1 Å². The zero-order chi connectivity index (χ0) is 22.1. The molecule has 12 heteroatoms. The summed E-state index contributed by atoms with van der Waals surface area (Å²) in [6, 6.07) is 8.68. The van der Waals surface area contributed by atoms with Crippen molar-refractivity contribution in [1.82, 2.24) is 0 Å². The first-order valence-corrected chi connectivity index (χ1v) is 8.06. The smallest absolute Gasteiger partial charge is 0.475 e. The molecule has 0 aliphatic rings. The van der Waals surface area contributed by atoms with Gasteiger partial charge in [-0.15, -0.1) is 26.3 Å². The number of hydrogen-bond acceptors (Lipinski definition) is 5. The van der Waals surface area contributed by atoms with Crippen LogP contribution in [0, 0.1) is 0 Å². The van der Waals surface area contributed by atoms with E-state index in [9.17, 15) is 36.2 Å². The Morgan fingerprint density at radius 1 is 0.967 bits per heavy atom. The van der Waals surface area contributed by atoms with E-state index < -0.39 is 30.2 Å². The summed E-state index contributed by atoms with van der Waals surface area (Å²) in [5.74, 6) is -4.16. The molecule has 0 atom stereocenters. The molecule has 0 fully saturated rings. The van der Waals surface area contributed by atoms with Gasteiger partial charge in [0.15, 0.2) is 11.5 Å². The normalized spacial score (nSPS) is 12.1. The summed E-state index contributed by atoms with van der Waals surface area (Å²) in [5, 5.41) is 12.4. The quantitative estimate of drug-likeness (QED) is 0.495. The molecule has 2 aromatic carbocycles. The average Bonchev–Trinajstić information content (AvgIpc) is 2.98. The van der Waals surface area contributed by atoms with E-state index in [0.29, 0.717) is 17.5 Å². The zero-order valence-electron chi connectivity index (χ0n) is 14.6. The Labute approximate surface area is 163 Å². The molecule has 3 rings (SSSR count). The van der Waals surface area contributed by atoms with Crippen LogP contribution >= 0.6 is 0 Å². The van der Waals surface area contributed by atoms with E-state index in [1.54, 1.807) is 18.2 Å². The number of carboxylic acids is 1. The highest BCUT2D eigenvalue weighted by Gasteiger charge is 2.36. The number of anilines is 1. The largest absolute Gasteiger partial charge is 0.573 e. The van der Waals surface area contributed by atoms with Crippen molar-refractivity contribution in [2.24, 2.45) is 0 Å². The topological polar surface area (TPSA) is 80.9 Å². The maximum absolute atomic E-state index is 12.6. The fourth-order valence-corrected chi connectivity index (χ4v) is 2.67. The van der Waals surface area contributed by atoms with Crippen molar-refractivity contribution in [3.63, 3.8) is 0 Å². The second kappa shape index (κ2) is 7.69. The lowest BCUT2D eigenvalue weighted by Crippen LogP contribution is -2.21. The second-order valence-corrected chi connectivity index (χ2v) is 5.82. The molecule has 0 saturated carbocycles. The van der Waals surface area contributed by atoms with Crippen LogP contribution in [-0.2, 0) is 6.54 Å². The van der Waals surface area contributed by atoms with Crippen LogP contribution in [0.5, 0.6) is 11.5 Å². The van der Waals surface area contributed by atoms with Gasteiger partial charge in [0.1, 0.15) is 5.58 Å². The average molecular weight is 435 g/mol. The first kappa shape index (κ1) is 21.1. The van der Waals surface area contributed by atoms with Crippen molar-refractivity contribution in [3.8, 4) is 11.5 Å². The van der Waals surface area contributed by atoms with Gasteiger partial charge in [-0.05, 0) is 18.2 Å². The van der Waals surface area contributed by atoms with Gasteiger partial charge in [0.05, 0.1) is 0 Å². The number of rotatable bonds is 6. The third kappa shape index (κ3) is 5.07. The van der Waals surface area contributed by atoms with E-state index in [1.807, 2.05) is 0 Å². The molecule has 6 nitrogen and oxygen atoms in total. The standard InChI is InChI=1S/C18H11F6NO5/c19-17(20,21)29-13-6-5-9(7-14(13)30-18(22,23)24)25-8-11-10-3-1-2-4-12(10)28-15(11)16(26)27/h1-7,25H,8H2,(H,26,27). The van der Waals surface area contributed by atoms with Crippen LogP contribution in [0.1, 0.15) is 16.1 Å². The minimum atomic E-state index is -5.26. The molecule has 0 unspecified atom stereocenters. The number of benzene rings is 2. The molecule has 0 spiro atoms. The van der Waals surface area contributed by atoms with Crippen LogP contribution < -0.4 is 14.8 Å². The Kier molecular flexibility index (Phi) is 5.42. The van der Waals surface area contributed by atoms with Crippen LogP contribution in [0.3, 0.4) is 0 Å². The molecule has 3 aromatic rings. The fourth-order valence-electron chi connectivity index (χ4n) is 2.67. The molecule has 30 heavy (non-hydrogen) atoms. The molecule has 0 amide bonds. The summed E-state index contributed by atoms with van der Waals surface area (Å²) in [4.78, 5) is 11.4. The predicted molar refractivity (Wildman–Crippen MR) is 90.3 cm³/mol. The second-order valence-electron chi connectivity index (χ2n) is 5.82. The van der Waals surface area contributed by atoms with E-state index in [1.165, 1.54) is 6.07 Å². The minimum Gasteiger partial charge on any atom is -0.475 e. The Balaban J connectivity index is 1.90. The van der Waals surface area contributed by atoms with Gasteiger partial charge in [-0.25, -0.2) is 4.79 Å². The van der Waals surface area contributed by atoms with Crippen LogP contribution in [0.15, 0.2) is 46.9 Å². The number of furan rings is 1.